The molecule has 33 heavy (non-hydrogen) atoms. The molecule has 0 unspecified atom stereocenters. The van der Waals surface area contributed by atoms with Crippen LogP contribution in [0.15, 0.2) is 51.9 Å². The number of carbonyl (C=O) groups excluding carboxylic acids is 1. The highest BCUT2D eigenvalue weighted by Gasteiger charge is 2.23. The van der Waals surface area contributed by atoms with E-state index in [1.807, 2.05) is 44.2 Å². The predicted octanol–water partition coefficient (Wildman–Crippen LogP) is 4.35. The van der Waals surface area contributed by atoms with Gasteiger partial charge in [-0.15, -0.1) is 0 Å². The molecule has 0 atom stereocenters. The summed E-state index contributed by atoms with van der Waals surface area (Å²) in [6.07, 6.45) is 1.24. The summed E-state index contributed by atoms with van der Waals surface area (Å²) in [7, 11) is -3.62. The summed E-state index contributed by atoms with van der Waals surface area (Å²) >= 11 is 0. The molecule has 8 nitrogen and oxygen atoms in total. The molecule has 0 saturated carbocycles. The van der Waals surface area contributed by atoms with Crippen LogP contribution in [0, 0.1) is 13.8 Å². The summed E-state index contributed by atoms with van der Waals surface area (Å²) in [6.45, 7) is 8.08. The van der Waals surface area contributed by atoms with E-state index < -0.39 is 10.0 Å². The minimum atomic E-state index is -3.62. The van der Waals surface area contributed by atoms with Crippen LogP contribution in [-0.4, -0.2) is 41.9 Å². The van der Waals surface area contributed by atoms with Gasteiger partial charge in [0.1, 0.15) is 0 Å². The molecule has 3 rings (SSSR count). The number of aryl methyl sites for hydroxylation is 2. The maximum atomic E-state index is 12.9. The van der Waals surface area contributed by atoms with Crippen LogP contribution in [-0.2, 0) is 21.2 Å². The maximum Gasteiger partial charge on any atom is 0.243 e. The van der Waals surface area contributed by atoms with E-state index in [4.69, 9.17) is 4.52 Å². The van der Waals surface area contributed by atoms with Gasteiger partial charge in [-0.25, -0.2) is 8.42 Å². The summed E-state index contributed by atoms with van der Waals surface area (Å²) in [5.41, 5.74) is 3.02. The smallest absolute Gasteiger partial charge is 0.243 e. The van der Waals surface area contributed by atoms with E-state index in [-0.39, 0.29) is 17.2 Å². The number of sulfonamides is 1. The van der Waals surface area contributed by atoms with Crippen LogP contribution in [0.5, 0.6) is 0 Å². The van der Waals surface area contributed by atoms with E-state index in [0.717, 1.165) is 16.7 Å². The van der Waals surface area contributed by atoms with Crippen molar-refractivity contribution in [1.29, 1.82) is 0 Å². The average Bonchev–Trinajstić information content (AvgIpc) is 3.27. The van der Waals surface area contributed by atoms with Crippen molar-refractivity contribution in [3.63, 3.8) is 0 Å². The van der Waals surface area contributed by atoms with Crippen molar-refractivity contribution in [1.82, 2.24) is 14.4 Å². The number of nitrogens with one attached hydrogen (secondary N) is 1. The number of anilines is 1. The molecule has 3 aromatic rings. The van der Waals surface area contributed by atoms with Crippen LogP contribution < -0.4 is 5.32 Å². The van der Waals surface area contributed by atoms with Gasteiger partial charge in [-0.2, -0.15) is 9.29 Å². The summed E-state index contributed by atoms with van der Waals surface area (Å²) < 4.78 is 32.5. The number of aromatic nitrogens is 2. The standard InChI is InChI=1S/C24H30N4O4S/c1-5-28(6-2)33(30,31)20-15-17(3)18(4)21(16-20)25-22(29)13-10-14-23-26-24(27-32-23)19-11-8-7-9-12-19/h7-9,11-12,15-16H,5-6,10,13-14H2,1-4H3,(H,25,29). The SMILES string of the molecule is CCN(CC)S(=O)(=O)c1cc(C)c(C)c(NC(=O)CCCc2nc(-c3ccccc3)no2)c1. The molecule has 0 aliphatic rings. The number of rotatable bonds is 10. The Labute approximate surface area is 195 Å². The summed E-state index contributed by atoms with van der Waals surface area (Å²) in [4.78, 5) is 17.1. The normalized spacial score (nSPS) is 11.7. The fraction of sp³-hybridized carbons (Fsp3) is 0.375. The zero-order chi connectivity index (χ0) is 24.0. The van der Waals surface area contributed by atoms with Gasteiger partial charge < -0.3 is 9.84 Å². The number of carbonyl (C=O) groups is 1. The van der Waals surface area contributed by atoms with Gasteiger partial charge in [0.2, 0.25) is 27.6 Å². The Bertz CT molecular complexity index is 1200. The zero-order valence-electron chi connectivity index (χ0n) is 19.5. The molecule has 0 bridgehead atoms. The van der Waals surface area contributed by atoms with Crippen LogP contribution in [0.1, 0.15) is 43.7 Å². The second-order valence-electron chi connectivity index (χ2n) is 7.78. The number of hydrogen-bond acceptors (Lipinski definition) is 6. The van der Waals surface area contributed by atoms with Crippen molar-refractivity contribution in [3.8, 4) is 11.4 Å². The Morgan fingerprint density at radius 3 is 2.45 bits per heavy atom. The first-order valence-electron chi connectivity index (χ1n) is 11.1. The number of amides is 1. The van der Waals surface area contributed by atoms with Gasteiger partial charge in [0.25, 0.3) is 0 Å². The first kappa shape index (κ1) is 24.6. The maximum absolute atomic E-state index is 12.9. The lowest BCUT2D eigenvalue weighted by molar-refractivity contribution is -0.116. The minimum Gasteiger partial charge on any atom is -0.339 e. The molecule has 1 N–H and O–H groups in total. The van der Waals surface area contributed by atoms with Crippen molar-refractivity contribution < 1.29 is 17.7 Å². The first-order valence-corrected chi connectivity index (χ1v) is 12.5. The van der Waals surface area contributed by atoms with Gasteiger partial charge in [-0.1, -0.05) is 49.3 Å². The topological polar surface area (TPSA) is 105 Å². The van der Waals surface area contributed by atoms with Gasteiger partial charge in [0.15, 0.2) is 0 Å². The average molecular weight is 471 g/mol. The Hall–Kier alpha value is -3.04. The Balaban J connectivity index is 1.63. The van der Waals surface area contributed by atoms with Gasteiger partial charge in [0, 0.05) is 37.2 Å². The highest BCUT2D eigenvalue weighted by molar-refractivity contribution is 7.89. The highest BCUT2D eigenvalue weighted by atomic mass is 32.2. The Morgan fingerprint density at radius 1 is 1.09 bits per heavy atom. The third-order valence-corrected chi connectivity index (χ3v) is 7.58. The van der Waals surface area contributed by atoms with Crippen LogP contribution in [0.25, 0.3) is 11.4 Å². The van der Waals surface area contributed by atoms with E-state index in [2.05, 4.69) is 15.5 Å². The molecule has 2 aromatic carbocycles. The van der Waals surface area contributed by atoms with E-state index in [9.17, 15) is 13.2 Å². The second kappa shape index (κ2) is 10.7. The lowest BCUT2D eigenvalue weighted by Gasteiger charge is -2.20. The van der Waals surface area contributed by atoms with Gasteiger partial charge >= 0.3 is 0 Å². The van der Waals surface area contributed by atoms with Gasteiger partial charge in [0.05, 0.1) is 4.90 Å². The molecule has 0 aliphatic heterocycles. The molecular weight excluding hydrogens is 440 g/mol. The predicted molar refractivity (Wildman–Crippen MR) is 127 cm³/mol. The van der Waals surface area contributed by atoms with Crippen LogP contribution in [0.4, 0.5) is 5.69 Å². The van der Waals surface area contributed by atoms with Crippen molar-refractivity contribution in [2.75, 3.05) is 18.4 Å². The van der Waals surface area contributed by atoms with E-state index >= 15 is 0 Å². The van der Waals surface area contributed by atoms with Gasteiger partial charge in [-0.05, 0) is 43.5 Å². The molecule has 176 valence electrons. The fourth-order valence-electron chi connectivity index (χ4n) is 3.49. The van der Waals surface area contributed by atoms with Crippen LogP contribution in [0.2, 0.25) is 0 Å². The number of benzene rings is 2. The van der Waals surface area contributed by atoms with Crippen LogP contribution in [0.3, 0.4) is 0 Å². The molecule has 1 heterocycles. The number of nitrogens with zero attached hydrogens (tertiary/aromatic N) is 3. The van der Waals surface area contributed by atoms with E-state index in [0.29, 0.717) is 43.3 Å². The molecule has 0 aliphatic carbocycles. The highest BCUT2D eigenvalue weighted by Crippen LogP contribution is 2.26. The van der Waals surface area contributed by atoms with E-state index in [1.54, 1.807) is 19.9 Å². The third kappa shape index (κ3) is 5.85. The second-order valence-corrected chi connectivity index (χ2v) is 9.72. The Kier molecular flexibility index (Phi) is 7.99. The molecule has 0 saturated heterocycles. The quantitative estimate of drug-likeness (QED) is 0.472. The molecule has 0 fully saturated rings. The number of hydrogen-bond donors (Lipinski definition) is 1. The molecule has 1 amide bonds. The third-order valence-electron chi connectivity index (χ3n) is 5.55. The molecular formula is C24H30N4O4S. The molecule has 9 heteroatoms. The molecule has 1 aromatic heterocycles. The van der Waals surface area contributed by atoms with Crippen molar-refractivity contribution >= 4 is 21.6 Å². The van der Waals surface area contributed by atoms with E-state index in [1.165, 1.54) is 10.4 Å². The summed E-state index contributed by atoms with van der Waals surface area (Å²) in [5.74, 6) is 0.797. The van der Waals surface area contributed by atoms with Crippen molar-refractivity contribution in [3.05, 3.63) is 59.5 Å². The fourth-order valence-corrected chi connectivity index (χ4v) is 5.06. The summed E-state index contributed by atoms with van der Waals surface area (Å²) in [5, 5.41) is 6.85. The zero-order valence-corrected chi connectivity index (χ0v) is 20.3. The minimum absolute atomic E-state index is 0.184. The monoisotopic (exact) mass is 470 g/mol. The van der Waals surface area contributed by atoms with Crippen molar-refractivity contribution in [2.45, 2.75) is 51.9 Å². The molecule has 0 radical (unpaired) electrons. The molecule has 0 spiro atoms. The lowest BCUT2D eigenvalue weighted by Crippen LogP contribution is -2.30. The Morgan fingerprint density at radius 2 is 1.79 bits per heavy atom. The van der Waals surface area contributed by atoms with Crippen LogP contribution >= 0.6 is 0 Å². The first-order chi connectivity index (χ1) is 15.8. The van der Waals surface area contributed by atoms with Crippen molar-refractivity contribution in [2.24, 2.45) is 0 Å². The van der Waals surface area contributed by atoms with Gasteiger partial charge in [-0.3, -0.25) is 4.79 Å². The largest absolute Gasteiger partial charge is 0.339 e. The lowest BCUT2D eigenvalue weighted by atomic mass is 10.1. The summed E-state index contributed by atoms with van der Waals surface area (Å²) in [6, 6.07) is 12.7.